The fourth-order valence-corrected chi connectivity index (χ4v) is 7.59. The lowest BCUT2D eigenvalue weighted by Crippen LogP contribution is -2.68. The molecule has 4 rings (SSSR count). The summed E-state index contributed by atoms with van der Waals surface area (Å²) < 4.78 is 0. The Morgan fingerprint density at radius 3 is 2.54 bits per heavy atom. The lowest BCUT2D eigenvalue weighted by atomic mass is 9.44. The van der Waals surface area contributed by atoms with Gasteiger partial charge < -0.3 is 10.2 Å². The topological polar surface area (TPSA) is 91.7 Å². The van der Waals surface area contributed by atoms with Crippen LogP contribution in [0.4, 0.5) is 0 Å². The Labute approximate surface area is 169 Å². The molecule has 3 saturated carbocycles. The lowest BCUT2D eigenvalue weighted by Gasteiger charge is -2.63. The molecule has 0 aromatic heterocycles. The number of aliphatic hydroxyl groups is 2. The monoisotopic (exact) mass is 406 g/mol. The van der Waals surface area contributed by atoms with E-state index in [1.807, 2.05) is 13.8 Å². The van der Waals surface area contributed by atoms with Crippen LogP contribution >= 0.6 is 11.6 Å². The number of ketones is 3. The molecule has 2 N–H and O–H groups in total. The molecular formula is C22H27ClO5. The van der Waals surface area contributed by atoms with Gasteiger partial charge in [-0.15, -0.1) is 11.6 Å². The van der Waals surface area contributed by atoms with Crippen molar-refractivity contribution in [1.82, 2.24) is 0 Å². The van der Waals surface area contributed by atoms with Gasteiger partial charge >= 0.3 is 0 Å². The zero-order valence-corrected chi connectivity index (χ0v) is 17.3. The van der Waals surface area contributed by atoms with E-state index >= 15 is 0 Å². The van der Waals surface area contributed by atoms with Crippen molar-refractivity contribution in [1.29, 1.82) is 0 Å². The first-order valence-electron chi connectivity index (χ1n) is 10.0. The number of rotatable bonds is 2. The maximum Gasteiger partial charge on any atom is 0.179 e. The summed E-state index contributed by atoms with van der Waals surface area (Å²) in [5.41, 5.74) is -0.330. The summed E-state index contributed by atoms with van der Waals surface area (Å²) in [7, 11) is 0. The Bertz CT molecular complexity index is 844. The van der Waals surface area contributed by atoms with Crippen molar-refractivity contribution in [3.05, 3.63) is 23.3 Å². The molecule has 0 aromatic rings. The summed E-state index contributed by atoms with van der Waals surface area (Å²) in [4.78, 5) is 36.4. The van der Waals surface area contributed by atoms with E-state index in [-0.39, 0.29) is 41.5 Å². The van der Waals surface area contributed by atoms with Crippen molar-refractivity contribution in [2.75, 3.05) is 6.61 Å². The van der Waals surface area contributed by atoms with Crippen molar-refractivity contribution < 1.29 is 24.6 Å². The number of halogens is 1. The molecule has 0 aromatic carbocycles. The Kier molecular flexibility index (Phi) is 4.36. The predicted octanol–water partition coefficient (Wildman–Crippen LogP) is 2.37. The van der Waals surface area contributed by atoms with E-state index in [0.717, 1.165) is 6.42 Å². The first-order chi connectivity index (χ1) is 13.0. The van der Waals surface area contributed by atoms with Crippen LogP contribution in [0, 0.1) is 28.6 Å². The van der Waals surface area contributed by atoms with Gasteiger partial charge in [0.1, 0.15) is 6.61 Å². The summed E-state index contributed by atoms with van der Waals surface area (Å²) in [5, 5.41) is 20.8. The van der Waals surface area contributed by atoms with Gasteiger partial charge in [-0.1, -0.05) is 12.5 Å². The molecule has 4 aliphatic carbocycles. The summed E-state index contributed by atoms with van der Waals surface area (Å²) in [6, 6.07) is 0. The number of fused-ring (bicyclic) bond motifs is 5. The molecule has 0 aliphatic heterocycles. The van der Waals surface area contributed by atoms with Crippen LogP contribution in [0.25, 0.3) is 0 Å². The third kappa shape index (κ3) is 2.18. The average molecular weight is 407 g/mol. The van der Waals surface area contributed by atoms with E-state index in [1.54, 1.807) is 6.92 Å². The summed E-state index contributed by atoms with van der Waals surface area (Å²) in [5.74, 6) is -1.15. The third-order valence-electron chi connectivity index (χ3n) is 8.54. The Morgan fingerprint density at radius 1 is 1.21 bits per heavy atom. The number of Topliss-reactive ketones (excluding diaryl/α,β-unsaturated/α-hetero) is 2. The van der Waals surface area contributed by atoms with Crippen LogP contribution in [0.3, 0.4) is 0 Å². The van der Waals surface area contributed by atoms with E-state index in [9.17, 15) is 24.6 Å². The fraction of sp³-hybridized carbons (Fsp3) is 0.682. The average Bonchev–Trinajstić information content (AvgIpc) is 2.96. The highest BCUT2D eigenvalue weighted by atomic mass is 35.5. The van der Waals surface area contributed by atoms with Crippen molar-refractivity contribution in [2.45, 2.75) is 57.4 Å². The van der Waals surface area contributed by atoms with Crippen molar-refractivity contribution >= 4 is 29.0 Å². The number of hydrogen-bond acceptors (Lipinski definition) is 5. The quantitative estimate of drug-likeness (QED) is 0.687. The molecule has 6 heteroatoms. The number of carbonyl (C=O) groups excluding carboxylic acids is 3. The van der Waals surface area contributed by atoms with Crippen LogP contribution in [0.5, 0.6) is 0 Å². The Morgan fingerprint density at radius 2 is 1.89 bits per heavy atom. The summed E-state index contributed by atoms with van der Waals surface area (Å²) in [6.07, 6.45) is 3.83. The fourth-order valence-electron chi connectivity index (χ4n) is 7.03. The highest BCUT2D eigenvalue weighted by molar-refractivity contribution is 6.28. The van der Waals surface area contributed by atoms with Gasteiger partial charge in [0.05, 0.1) is 11.0 Å². The molecule has 1 unspecified atom stereocenters. The molecule has 3 fully saturated rings. The highest BCUT2D eigenvalue weighted by Crippen LogP contribution is 2.70. The molecule has 7 atom stereocenters. The van der Waals surface area contributed by atoms with Crippen LogP contribution in [0.15, 0.2) is 23.3 Å². The Balaban J connectivity index is 1.86. The molecular weight excluding hydrogens is 380 g/mol. The van der Waals surface area contributed by atoms with Crippen LogP contribution < -0.4 is 0 Å². The van der Waals surface area contributed by atoms with Crippen molar-refractivity contribution in [3.63, 3.8) is 0 Å². The molecule has 28 heavy (non-hydrogen) atoms. The maximum atomic E-state index is 13.1. The van der Waals surface area contributed by atoms with Crippen molar-refractivity contribution in [3.8, 4) is 0 Å². The van der Waals surface area contributed by atoms with E-state index < -0.39 is 28.4 Å². The van der Waals surface area contributed by atoms with Gasteiger partial charge in [-0.25, -0.2) is 0 Å². The van der Waals surface area contributed by atoms with Gasteiger partial charge in [-0.2, -0.15) is 0 Å². The second-order valence-corrected chi connectivity index (χ2v) is 10.1. The van der Waals surface area contributed by atoms with Gasteiger partial charge in [0, 0.05) is 23.3 Å². The first kappa shape index (κ1) is 20.0. The van der Waals surface area contributed by atoms with Crippen LogP contribution in [-0.2, 0) is 14.4 Å². The van der Waals surface area contributed by atoms with E-state index in [4.69, 9.17) is 11.6 Å². The van der Waals surface area contributed by atoms with Gasteiger partial charge in [0.25, 0.3) is 0 Å². The van der Waals surface area contributed by atoms with Gasteiger partial charge in [0.15, 0.2) is 17.3 Å². The third-order valence-corrected chi connectivity index (χ3v) is 9.45. The second-order valence-electron chi connectivity index (χ2n) is 9.50. The molecule has 0 spiro atoms. The number of hydrogen-bond donors (Lipinski definition) is 2. The lowest BCUT2D eigenvalue weighted by molar-refractivity contribution is -0.142. The normalized spacial score (nSPS) is 47.6. The minimum absolute atomic E-state index is 0.00153. The zero-order chi connectivity index (χ0) is 20.6. The predicted molar refractivity (Wildman–Crippen MR) is 104 cm³/mol. The smallest absolute Gasteiger partial charge is 0.179 e. The molecule has 5 nitrogen and oxygen atoms in total. The van der Waals surface area contributed by atoms with E-state index in [1.165, 1.54) is 12.2 Å². The highest BCUT2D eigenvalue weighted by Gasteiger charge is 2.71. The molecule has 152 valence electrons. The molecule has 0 bridgehead atoms. The van der Waals surface area contributed by atoms with Gasteiger partial charge in [-0.3, -0.25) is 14.4 Å². The minimum atomic E-state index is -1.12. The molecule has 0 heterocycles. The number of carbonyl (C=O) groups is 3. The Hall–Kier alpha value is -1.30. The second kappa shape index (κ2) is 6.10. The standard InChI is InChI=1S/C22H27ClO5/c1-11-6-12(25)7-16-17(26)8-15-13-4-5-14(18(27)10-24)20(13,2)9-19(28)22(15,23)21(11,16)3/h6-7,13-15,19,24,28H,4-5,8-10H2,1-3H3/t13-,14+,15-,19?,20-,21-,22-/m0/s1. The zero-order valence-electron chi connectivity index (χ0n) is 16.5. The van der Waals surface area contributed by atoms with Gasteiger partial charge in [-0.05, 0) is 62.5 Å². The van der Waals surface area contributed by atoms with Gasteiger partial charge in [0.2, 0.25) is 0 Å². The van der Waals surface area contributed by atoms with Crippen LogP contribution in [-0.4, -0.2) is 45.1 Å². The largest absolute Gasteiger partial charge is 0.391 e. The van der Waals surface area contributed by atoms with E-state index in [2.05, 4.69) is 0 Å². The minimum Gasteiger partial charge on any atom is -0.391 e. The first-order valence-corrected chi connectivity index (χ1v) is 10.4. The van der Waals surface area contributed by atoms with Crippen LogP contribution in [0.1, 0.15) is 46.5 Å². The number of aliphatic hydroxyl groups excluding tert-OH is 2. The van der Waals surface area contributed by atoms with Crippen LogP contribution in [0.2, 0.25) is 0 Å². The summed E-state index contributed by atoms with van der Waals surface area (Å²) >= 11 is 7.31. The summed E-state index contributed by atoms with van der Waals surface area (Å²) in [6.45, 7) is 5.16. The molecule has 0 amide bonds. The molecule has 4 aliphatic rings. The number of alkyl halides is 1. The van der Waals surface area contributed by atoms with E-state index in [0.29, 0.717) is 24.0 Å². The van der Waals surface area contributed by atoms with Crippen molar-refractivity contribution in [2.24, 2.45) is 28.6 Å². The number of allylic oxidation sites excluding steroid dienone is 4. The molecule has 0 saturated heterocycles. The maximum absolute atomic E-state index is 13.1. The molecule has 0 radical (unpaired) electrons. The SMILES string of the molecule is CC1=CC(=O)C=C2C(=O)C[C@H]3[C@@H]4CC[C@H](C(=O)CO)[C@@]4(C)CC(O)[C@]3(Cl)[C@@]12C.